The van der Waals surface area contributed by atoms with Gasteiger partial charge in [0.2, 0.25) is 11.6 Å². The molecular weight excluding hydrogens is 376 g/mol. The van der Waals surface area contributed by atoms with Gasteiger partial charge in [-0.2, -0.15) is 0 Å². The molecule has 2 heterocycles. The molecule has 7 nitrogen and oxygen atoms in total. The van der Waals surface area contributed by atoms with Crippen molar-refractivity contribution < 1.29 is 34.3 Å². The largest absolute Gasteiger partial charge is 0.507 e. The number of hydrogen-bond donors (Lipinski definition) is 3. The highest BCUT2D eigenvalue weighted by Crippen LogP contribution is 2.53. The van der Waals surface area contributed by atoms with E-state index in [1.807, 2.05) is 6.92 Å². The van der Waals surface area contributed by atoms with Crippen molar-refractivity contribution in [1.82, 2.24) is 0 Å². The SMILES string of the molecule is CC[C@@]12Oc3cccc(O)c3C(=O)c3c(O)cc(C)c(c31)OC(C)(C)[C@@H](CO)O2. The zero-order valence-electron chi connectivity index (χ0n) is 16.8. The van der Waals surface area contributed by atoms with Gasteiger partial charge >= 0.3 is 0 Å². The minimum atomic E-state index is -1.51. The Morgan fingerprint density at radius 2 is 1.83 bits per heavy atom. The lowest BCUT2D eigenvalue weighted by atomic mass is 9.89. The standard InChI is InChI=1S/C22H24O7/c1-5-22-18-17(19(26)16-12(24)7-6-8-14(16)27-22)13(25)9-11(2)20(18)29-21(3,4)15(10-23)28-22/h6-9,15,23-25H,5,10H2,1-4H3/t15-,22+/m1/s1. The summed E-state index contributed by atoms with van der Waals surface area (Å²) in [5.41, 5.74) is -0.171. The highest BCUT2D eigenvalue weighted by molar-refractivity contribution is 6.15. The number of aliphatic hydroxyl groups excluding tert-OH is 1. The molecule has 2 aromatic carbocycles. The van der Waals surface area contributed by atoms with Crippen molar-refractivity contribution in [2.24, 2.45) is 0 Å². The maximum atomic E-state index is 13.4. The van der Waals surface area contributed by atoms with Gasteiger partial charge in [-0.05, 0) is 44.5 Å². The molecule has 2 aliphatic heterocycles. The van der Waals surface area contributed by atoms with Gasteiger partial charge in [-0.25, -0.2) is 0 Å². The second kappa shape index (κ2) is 6.37. The van der Waals surface area contributed by atoms with E-state index in [9.17, 15) is 20.1 Å². The molecule has 4 rings (SSSR count). The van der Waals surface area contributed by atoms with Crippen LogP contribution in [0.15, 0.2) is 24.3 Å². The van der Waals surface area contributed by atoms with Crippen LogP contribution in [0.3, 0.4) is 0 Å². The maximum Gasteiger partial charge on any atom is 0.242 e. The monoisotopic (exact) mass is 400 g/mol. The number of aryl methyl sites for hydroxylation is 1. The van der Waals surface area contributed by atoms with Crippen molar-refractivity contribution in [3.8, 4) is 23.0 Å². The fourth-order valence-corrected chi connectivity index (χ4v) is 4.07. The second-order valence-corrected chi connectivity index (χ2v) is 7.97. The fourth-order valence-electron chi connectivity index (χ4n) is 4.07. The van der Waals surface area contributed by atoms with Crippen LogP contribution in [0.4, 0.5) is 0 Å². The molecule has 0 radical (unpaired) electrons. The lowest BCUT2D eigenvalue weighted by Crippen LogP contribution is -2.49. The van der Waals surface area contributed by atoms with Gasteiger partial charge in [0.15, 0.2) is 0 Å². The Hall–Kier alpha value is -2.77. The van der Waals surface area contributed by atoms with Crippen LogP contribution in [0, 0.1) is 6.92 Å². The molecular formula is C22H24O7. The summed E-state index contributed by atoms with van der Waals surface area (Å²) in [5, 5.41) is 31.1. The van der Waals surface area contributed by atoms with Gasteiger partial charge in [-0.1, -0.05) is 13.0 Å². The summed E-state index contributed by atoms with van der Waals surface area (Å²) in [6, 6.07) is 5.96. The van der Waals surface area contributed by atoms with E-state index in [0.717, 1.165) is 0 Å². The van der Waals surface area contributed by atoms with E-state index in [1.54, 1.807) is 32.9 Å². The number of ether oxygens (including phenoxy) is 3. The van der Waals surface area contributed by atoms with Crippen LogP contribution >= 0.6 is 0 Å². The number of aromatic hydroxyl groups is 2. The van der Waals surface area contributed by atoms with Gasteiger partial charge in [-0.3, -0.25) is 4.79 Å². The summed E-state index contributed by atoms with van der Waals surface area (Å²) in [5.74, 6) is -2.12. The molecule has 154 valence electrons. The molecule has 7 heteroatoms. The number of carbonyl (C=O) groups is 1. The van der Waals surface area contributed by atoms with E-state index >= 15 is 0 Å². The molecule has 0 saturated heterocycles. The van der Waals surface area contributed by atoms with E-state index in [-0.39, 0.29) is 47.0 Å². The minimum Gasteiger partial charge on any atom is -0.507 e. The summed E-state index contributed by atoms with van der Waals surface area (Å²) in [6.07, 6.45) is -0.521. The minimum absolute atomic E-state index is 0.0397. The molecule has 2 atom stereocenters. The third-order valence-corrected chi connectivity index (χ3v) is 5.66. The maximum absolute atomic E-state index is 13.4. The molecule has 0 aliphatic carbocycles. The normalized spacial score (nSPS) is 24.4. The van der Waals surface area contributed by atoms with Crippen LogP contribution in [0.1, 0.15) is 54.2 Å². The average molecular weight is 400 g/mol. The number of carbonyl (C=O) groups excluding carboxylic acids is 1. The Kier molecular flexibility index (Phi) is 4.29. The quantitative estimate of drug-likeness (QED) is 0.711. The first-order valence-electron chi connectivity index (χ1n) is 9.55. The van der Waals surface area contributed by atoms with E-state index in [2.05, 4.69) is 0 Å². The molecule has 0 unspecified atom stereocenters. The zero-order valence-corrected chi connectivity index (χ0v) is 16.8. The molecule has 2 aromatic rings. The Bertz CT molecular complexity index is 1010. The van der Waals surface area contributed by atoms with Crippen LogP contribution in [0.5, 0.6) is 23.0 Å². The van der Waals surface area contributed by atoms with E-state index in [4.69, 9.17) is 14.2 Å². The Balaban J connectivity index is 2.14. The first-order chi connectivity index (χ1) is 13.6. The van der Waals surface area contributed by atoms with Crippen molar-refractivity contribution in [2.45, 2.75) is 51.6 Å². The van der Waals surface area contributed by atoms with Crippen molar-refractivity contribution in [3.63, 3.8) is 0 Å². The van der Waals surface area contributed by atoms with E-state index in [1.165, 1.54) is 12.1 Å². The van der Waals surface area contributed by atoms with Crippen molar-refractivity contribution in [3.05, 3.63) is 46.5 Å². The number of rotatable bonds is 2. The van der Waals surface area contributed by atoms with Gasteiger partial charge in [0.05, 0.1) is 17.7 Å². The number of fused-ring (bicyclic) bond motifs is 1. The smallest absolute Gasteiger partial charge is 0.242 e. The number of benzene rings is 2. The molecule has 29 heavy (non-hydrogen) atoms. The molecule has 0 amide bonds. The molecule has 0 aromatic heterocycles. The van der Waals surface area contributed by atoms with Crippen molar-refractivity contribution in [1.29, 1.82) is 0 Å². The highest BCUT2D eigenvalue weighted by Gasteiger charge is 2.53. The van der Waals surface area contributed by atoms with Crippen LogP contribution in [0.2, 0.25) is 0 Å². The average Bonchev–Trinajstić information content (AvgIpc) is 2.83. The summed E-state index contributed by atoms with van der Waals surface area (Å²) in [7, 11) is 0. The summed E-state index contributed by atoms with van der Waals surface area (Å²) < 4.78 is 18.8. The lowest BCUT2D eigenvalue weighted by molar-refractivity contribution is -0.247. The molecule has 3 N–H and O–H groups in total. The number of aliphatic hydroxyl groups is 1. The summed E-state index contributed by atoms with van der Waals surface area (Å²) in [6.45, 7) is 6.79. The number of phenolic OH excluding ortho intramolecular Hbond substituents is 2. The number of ketones is 1. The Morgan fingerprint density at radius 1 is 1.10 bits per heavy atom. The molecule has 0 saturated carbocycles. The summed E-state index contributed by atoms with van der Waals surface area (Å²) >= 11 is 0. The fraction of sp³-hybridized carbons (Fsp3) is 0.409. The number of hydrogen-bond acceptors (Lipinski definition) is 7. The van der Waals surface area contributed by atoms with Gasteiger partial charge in [0.25, 0.3) is 0 Å². The van der Waals surface area contributed by atoms with Crippen LogP contribution < -0.4 is 9.47 Å². The van der Waals surface area contributed by atoms with Gasteiger partial charge in [0.1, 0.15) is 40.3 Å². The first-order valence-corrected chi connectivity index (χ1v) is 9.55. The second-order valence-electron chi connectivity index (χ2n) is 7.97. The predicted octanol–water partition coefficient (Wildman–Crippen LogP) is 3.14. The zero-order chi connectivity index (χ0) is 21.1. The van der Waals surface area contributed by atoms with Gasteiger partial charge in [0, 0.05) is 6.42 Å². The summed E-state index contributed by atoms with van der Waals surface area (Å²) in [4.78, 5) is 13.4. The predicted molar refractivity (Wildman–Crippen MR) is 104 cm³/mol. The molecule has 2 aliphatic rings. The molecule has 0 fully saturated rings. The van der Waals surface area contributed by atoms with E-state index in [0.29, 0.717) is 11.3 Å². The lowest BCUT2D eigenvalue weighted by Gasteiger charge is -2.37. The van der Waals surface area contributed by atoms with Crippen LogP contribution in [-0.2, 0) is 10.5 Å². The third kappa shape index (κ3) is 2.68. The van der Waals surface area contributed by atoms with Gasteiger partial charge < -0.3 is 29.5 Å². The van der Waals surface area contributed by atoms with Crippen LogP contribution in [-0.4, -0.2) is 39.4 Å². The van der Waals surface area contributed by atoms with Crippen LogP contribution in [0.25, 0.3) is 0 Å². The first kappa shape index (κ1) is 19.5. The number of phenols is 2. The van der Waals surface area contributed by atoms with Crippen molar-refractivity contribution in [2.75, 3.05) is 6.61 Å². The van der Waals surface area contributed by atoms with Crippen molar-refractivity contribution >= 4 is 5.78 Å². The Morgan fingerprint density at radius 3 is 2.48 bits per heavy atom. The third-order valence-electron chi connectivity index (χ3n) is 5.66. The molecule has 0 spiro atoms. The Labute approximate surface area is 168 Å². The molecule has 0 bridgehead atoms. The van der Waals surface area contributed by atoms with E-state index < -0.39 is 23.3 Å². The van der Waals surface area contributed by atoms with Gasteiger partial charge in [-0.15, -0.1) is 0 Å². The topological polar surface area (TPSA) is 105 Å². The highest BCUT2D eigenvalue weighted by atomic mass is 16.7.